The Morgan fingerprint density at radius 1 is 1.42 bits per heavy atom. The third-order valence-corrected chi connectivity index (χ3v) is 6.01. The average molecular weight is 373 g/mol. The van der Waals surface area contributed by atoms with Gasteiger partial charge in [-0.05, 0) is 42.8 Å². The topological polar surface area (TPSA) is 82.9 Å². The maximum absolute atomic E-state index is 13.1. The number of carbonyl (C=O) groups is 3. The second-order valence-corrected chi connectivity index (χ2v) is 7.67. The number of aryl methyl sites for hydroxylation is 1. The zero-order valence-corrected chi connectivity index (χ0v) is 15.2. The normalized spacial score (nSPS) is 21.8. The second kappa shape index (κ2) is 6.28. The number of hydrogen-bond donors (Lipinski definition) is 1. The predicted molar refractivity (Wildman–Crippen MR) is 94.4 cm³/mol. The van der Waals surface area contributed by atoms with E-state index in [9.17, 15) is 14.4 Å². The van der Waals surface area contributed by atoms with Gasteiger partial charge in [0.05, 0.1) is 12.8 Å². The van der Waals surface area contributed by atoms with Crippen LogP contribution in [-0.4, -0.2) is 41.2 Å². The van der Waals surface area contributed by atoms with Gasteiger partial charge in [0.2, 0.25) is 5.91 Å². The van der Waals surface area contributed by atoms with Gasteiger partial charge in [0.15, 0.2) is 0 Å². The largest absolute Gasteiger partial charge is 0.467 e. The number of hydrogen-bond acceptors (Lipinski definition) is 5. The zero-order chi connectivity index (χ0) is 18.3. The highest BCUT2D eigenvalue weighted by atomic mass is 32.1. The summed E-state index contributed by atoms with van der Waals surface area (Å²) >= 11 is 1.60. The summed E-state index contributed by atoms with van der Waals surface area (Å²) in [5, 5.41) is 4.80. The number of likely N-dealkylation sites (N-methyl/N-ethyl adjacent to an activating group) is 1. The molecule has 1 fully saturated rings. The molecular formula is C18H19N3O4S. The van der Waals surface area contributed by atoms with Crippen LogP contribution in [0, 0.1) is 0 Å². The average Bonchev–Trinajstić information content (AvgIpc) is 3.33. The standard InChI is InChI=1S/C18H19N3O4S/c1-20(10-12-4-3-8-25-12)15(22)11-21-16(23)18(19-17(21)24)7-2-5-14-13(18)6-9-26-14/h3-4,6,8-9H,2,5,7,10-11H2,1H3,(H,19,24)/t18-/m1/s1. The molecule has 26 heavy (non-hydrogen) atoms. The fourth-order valence-corrected chi connectivity index (χ4v) is 4.67. The summed E-state index contributed by atoms with van der Waals surface area (Å²) in [5.41, 5.74) is -0.129. The molecule has 1 N–H and O–H groups in total. The Labute approximate surface area is 154 Å². The van der Waals surface area contributed by atoms with E-state index in [4.69, 9.17) is 4.42 Å². The number of urea groups is 1. The van der Waals surface area contributed by atoms with Gasteiger partial charge >= 0.3 is 6.03 Å². The molecule has 4 amide bonds. The number of thiophene rings is 1. The molecule has 1 saturated heterocycles. The summed E-state index contributed by atoms with van der Waals surface area (Å²) in [4.78, 5) is 41.7. The van der Waals surface area contributed by atoms with Crippen molar-refractivity contribution in [3.05, 3.63) is 46.0 Å². The van der Waals surface area contributed by atoms with Crippen LogP contribution in [0.15, 0.2) is 34.3 Å². The van der Waals surface area contributed by atoms with E-state index in [2.05, 4.69) is 5.32 Å². The van der Waals surface area contributed by atoms with Crippen LogP contribution in [0.2, 0.25) is 0 Å². The highest BCUT2D eigenvalue weighted by molar-refractivity contribution is 7.10. The van der Waals surface area contributed by atoms with Crippen molar-refractivity contribution in [2.24, 2.45) is 0 Å². The van der Waals surface area contributed by atoms with Gasteiger partial charge in [-0.3, -0.25) is 14.5 Å². The van der Waals surface area contributed by atoms with Gasteiger partial charge in [0, 0.05) is 17.5 Å². The molecule has 0 unspecified atom stereocenters. The lowest BCUT2D eigenvalue weighted by atomic mass is 9.80. The third-order valence-electron chi connectivity index (χ3n) is 5.03. The molecular weight excluding hydrogens is 354 g/mol. The first-order chi connectivity index (χ1) is 12.5. The Morgan fingerprint density at radius 2 is 2.27 bits per heavy atom. The summed E-state index contributed by atoms with van der Waals surface area (Å²) in [6, 6.07) is 4.92. The Balaban J connectivity index is 1.51. The maximum Gasteiger partial charge on any atom is 0.325 e. The van der Waals surface area contributed by atoms with Gasteiger partial charge in [-0.25, -0.2) is 4.79 Å². The first-order valence-electron chi connectivity index (χ1n) is 8.48. The van der Waals surface area contributed by atoms with Crippen LogP contribution in [0.3, 0.4) is 0 Å². The number of carbonyl (C=O) groups excluding carboxylic acids is 3. The number of furan rings is 1. The van der Waals surface area contributed by atoms with Crippen molar-refractivity contribution in [3.8, 4) is 0 Å². The number of nitrogens with zero attached hydrogens (tertiary/aromatic N) is 2. The predicted octanol–water partition coefficient (Wildman–Crippen LogP) is 2.08. The summed E-state index contributed by atoms with van der Waals surface area (Å²) in [6.45, 7) is 0.0123. The Kier molecular flexibility index (Phi) is 4.07. The molecule has 2 aromatic rings. The van der Waals surface area contributed by atoms with Crippen LogP contribution in [0.1, 0.15) is 29.0 Å². The smallest absolute Gasteiger partial charge is 0.325 e. The van der Waals surface area contributed by atoms with Crippen LogP contribution in [0.4, 0.5) is 4.79 Å². The fraction of sp³-hybridized carbons (Fsp3) is 0.389. The van der Waals surface area contributed by atoms with E-state index in [1.807, 2.05) is 11.4 Å². The van der Waals surface area contributed by atoms with Crippen molar-refractivity contribution in [1.82, 2.24) is 15.1 Å². The van der Waals surface area contributed by atoms with E-state index in [1.54, 1.807) is 30.5 Å². The molecule has 7 nitrogen and oxygen atoms in total. The number of amides is 4. The first kappa shape index (κ1) is 16.8. The molecule has 2 aromatic heterocycles. The lowest BCUT2D eigenvalue weighted by molar-refractivity contribution is -0.139. The molecule has 1 aliphatic carbocycles. The van der Waals surface area contributed by atoms with Gasteiger partial charge in [0.25, 0.3) is 5.91 Å². The van der Waals surface area contributed by atoms with Crippen molar-refractivity contribution in [3.63, 3.8) is 0 Å². The van der Waals surface area contributed by atoms with Crippen LogP contribution in [0.25, 0.3) is 0 Å². The number of rotatable bonds is 4. The van der Waals surface area contributed by atoms with Crippen LogP contribution < -0.4 is 5.32 Å². The summed E-state index contributed by atoms with van der Waals surface area (Å²) in [5.74, 6) is -0.00499. The van der Waals surface area contributed by atoms with Gasteiger partial charge in [-0.1, -0.05) is 0 Å². The highest BCUT2D eigenvalue weighted by Gasteiger charge is 2.54. The van der Waals surface area contributed by atoms with Crippen molar-refractivity contribution < 1.29 is 18.8 Å². The van der Waals surface area contributed by atoms with E-state index in [-0.39, 0.29) is 24.9 Å². The minimum Gasteiger partial charge on any atom is -0.467 e. The first-order valence-corrected chi connectivity index (χ1v) is 9.36. The highest BCUT2D eigenvalue weighted by Crippen LogP contribution is 2.42. The SMILES string of the molecule is CN(Cc1ccco1)C(=O)CN1C(=O)N[C@@]2(CCCc3sccc32)C1=O. The molecule has 1 atom stereocenters. The zero-order valence-electron chi connectivity index (χ0n) is 14.4. The number of imide groups is 1. The quantitative estimate of drug-likeness (QED) is 0.832. The molecule has 0 bridgehead atoms. The van der Waals surface area contributed by atoms with E-state index >= 15 is 0 Å². The molecule has 1 spiro atoms. The van der Waals surface area contributed by atoms with Crippen molar-refractivity contribution in [1.29, 1.82) is 0 Å². The summed E-state index contributed by atoms with van der Waals surface area (Å²) in [6.07, 6.45) is 3.85. The molecule has 8 heteroatoms. The minimum absolute atomic E-state index is 0.275. The van der Waals surface area contributed by atoms with Crippen LogP contribution in [0.5, 0.6) is 0 Å². The molecule has 1 aliphatic heterocycles. The van der Waals surface area contributed by atoms with Crippen LogP contribution >= 0.6 is 11.3 Å². The van der Waals surface area contributed by atoms with E-state index in [0.717, 1.165) is 28.2 Å². The molecule has 0 radical (unpaired) electrons. The van der Waals surface area contributed by atoms with E-state index in [1.165, 1.54) is 11.2 Å². The lowest BCUT2D eigenvalue weighted by Gasteiger charge is -2.31. The lowest BCUT2D eigenvalue weighted by Crippen LogP contribution is -2.46. The molecule has 2 aliphatic rings. The molecule has 0 saturated carbocycles. The molecule has 3 heterocycles. The Bertz CT molecular complexity index is 860. The van der Waals surface area contributed by atoms with Gasteiger partial charge in [0.1, 0.15) is 17.8 Å². The van der Waals surface area contributed by atoms with Crippen molar-refractivity contribution >= 4 is 29.2 Å². The van der Waals surface area contributed by atoms with E-state index < -0.39 is 11.6 Å². The second-order valence-electron chi connectivity index (χ2n) is 6.67. The molecule has 4 rings (SSSR count). The van der Waals surface area contributed by atoms with Gasteiger partial charge in [-0.15, -0.1) is 11.3 Å². The fourth-order valence-electron chi connectivity index (χ4n) is 3.67. The van der Waals surface area contributed by atoms with Crippen molar-refractivity contribution in [2.75, 3.05) is 13.6 Å². The van der Waals surface area contributed by atoms with Gasteiger partial charge in [-0.2, -0.15) is 0 Å². The molecule has 136 valence electrons. The minimum atomic E-state index is -1.01. The third kappa shape index (κ3) is 2.61. The Morgan fingerprint density at radius 3 is 3.04 bits per heavy atom. The van der Waals surface area contributed by atoms with Gasteiger partial charge < -0.3 is 14.6 Å². The van der Waals surface area contributed by atoms with Crippen LogP contribution in [-0.2, 0) is 28.1 Å². The number of fused-ring (bicyclic) bond motifs is 2. The van der Waals surface area contributed by atoms with E-state index in [0.29, 0.717) is 12.2 Å². The Hall–Kier alpha value is -2.61. The summed E-state index contributed by atoms with van der Waals surface area (Å²) < 4.78 is 5.23. The number of nitrogens with one attached hydrogen (secondary N) is 1. The monoisotopic (exact) mass is 373 g/mol. The maximum atomic E-state index is 13.1. The molecule has 0 aromatic carbocycles. The van der Waals surface area contributed by atoms with Crippen molar-refractivity contribution in [2.45, 2.75) is 31.3 Å². The summed E-state index contributed by atoms with van der Waals surface area (Å²) in [7, 11) is 1.62.